The van der Waals surface area contributed by atoms with Gasteiger partial charge in [0, 0.05) is 35.6 Å². The molecule has 0 unspecified atom stereocenters. The Labute approximate surface area is 223 Å². The smallest absolute Gasteiger partial charge is 0.294 e. The Hall–Kier alpha value is -5.17. The fourth-order valence-electron chi connectivity index (χ4n) is 3.63. The van der Waals surface area contributed by atoms with Gasteiger partial charge in [-0.25, -0.2) is 18.4 Å². The number of carbonyl (C=O) groups excluding carboxylic acids is 1. The molecule has 0 atom stereocenters. The van der Waals surface area contributed by atoms with Crippen LogP contribution >= 0.6 is 0 Å². The van der Waals surface area contributed by atoms with E-state index in [1.807, 2.05) is 0 Å². The lowest BCUT2D eigenvalue weighted by atomic mass is 10.2. The molecule has 2 aromatic heterocycles. The molecule has 198 valence electrons. The average Bonchev–Trinajstić information content (AvgIpc) is 3.48. The second-order valence-electron chi connectivity index (χ2n) is 8.10. The highest BCUT2D eigenvalue weighted by Crippen LogP contribution is 2.31. The number of anilines is 4. The number of nitrogens with one attached hydrogen (secondary N) is 3. The minimum Gasteiger partial charge on any atom is -0.497 e. The van der Waals surface area contributed by atoms with E-state index in [9.17, 15) is 13.2 Å². The first-order valence-electron chi connectivity index (χ1n) is 11.5. The topological polar surface area (TPSA) is 158 Å². The molecule has 0 aliphatic heterocycles. The summed E-state index contributed by atoms with van der Waals surface area (Å²) in [5.41, 5.74) is 1.81. The summed E-state index contributed by atoms with van der Waals surface area (Å²) in [5, 5.41) is 9.18. The van der Waals surface area contributed by atoms with E-state index in [1.165, 1.54) is 44.7 Å². The van der Waals surface area contributed by atoms with E-state index in [0.717, 1.165) is 0 Å². The minimum absolute atomic E-state index is 0.0160. The average molecular weight is 547 g/mol. The summed E-state index contributed by atoms with van der Waals surface area (Å²) in [4.78, 5) is 21.3. The number of sulfonamides is 1. The highest BCUT2D eigenvalue weighted by atomic mass is 32.2. The van der Waals surface area contributed by atoms with Crippen LogP contribution in [0.5, 0.6) is 11.5 Å². The van der Waals surface area contributed by atoms with Gasteiger partial charge < -0.3 is 24.6 Å². The molecule has 1 amide bonds. The number of rotatable bonds is 9. The number of fused-ring (bicyclic) bond motifs is 1. The van der Waals surface area contributed by atoms with Crippen molar-refractivity contribution in [2.24, 2.45) is 0 Å². The van der Waals surface area contributed by atoms with Crippen molar-refractivity contribution < 1.29 is 27.2 Å². The van der Waals surface area contributed by atoms with Gasteiger partial charge in [0.25, 0.3) is 15.9 Å². The van der Waals surface area contributed by atoms with E-state index in [-0.39, 0.29) is 28.0 Å². The van der Waals surface area contributed by atoms with Crippen LogP contribution in [0.1, 0.15) is 10.6 Å². The molecule has 0 fully saturated rings. The summed E-state index contributed by atoms with van der Waals surface area (Å²) in [7, 11) is -1.12. The van der Waals surface area contributed by atoms with Gasteiger partial charge in [-0.1, -0.05) is 23.4 Å². The summed E-state index contributed by atoms with van der Waals surface area (Å²) in [6, 6.07) is 19.3. The van der Waals surface area contributed by atoms with Crippen molar-refractivity contribution in [3.63, 3.8) is 0 Å². The van der Waals surface area contributed by atoms with Crippen molar-refractivity contribution in [3.05, 3.63) is 84.8 Å². The molecule has 3 aromatic carbocycles. The van der Waals surface area contributed by atoms with Crippen molar-refractivity contribution in [2.45, 2.75) is 4.90 Å². The third-order valence-corrected chi connectivity index (χ3v) is 6.82. The van der Waals surface area contributed by atoms with Gasteiger partial charge >= 0.3 is 0 Å². The van der Waals surface area contributed by atoms with Gasteiger partial charge in [0.05, 0.1) is 36.3 Å². The second-order valence-corrected chi connectivity index (χ2v) is 9.78. The van der Waals surface area contributed by atoms with Crippen LogP contribution in [0.4, 0.5) is 23.0 Å². The molecule has 0 spiro atoms. The first-order chi connectivity index (χ1) is 18.8. The lowest BCUT2D eigenvalue weighted by molar-refractivity contribution is 0.0988. The zero-order chi connectivity index (χ0) is 27.4. The number of benzene rings is 3. The number of ether oxygens (including phenoxy) is 2. The number of carbonyl (C=O) groups is 1. The molecular weight excluding hydrogens is 524 g/mol. The molecule has 0 aliphatic rings. The molecule has 0 saturated heterocycles. The predicted octanol–water partition coefficient (Wildman–Crippen LogP) is 4.43. The Morgan fingerprint density at radius 1 is 0.821 bits per heavy atom. The Kier molecular flexibility index (Phi) is 6.97. The van der Waals surface area contributed by atoms with Crippen LogP contribution in [0.2, 0.25) is 0 Å². The van der Waals surface area contributed by atoms with Gasteiger partial charge in [-0.3, -0.25) is 9.52 Å². The van der Waals surface area contributed by atoms with E-state index in [1.54, 1.807) is 48.5 Å². The van der Waals surface area contributed by atoms with Crippen LogP contribution in [0.15, 0.2) is 88.4 Å². The number of aromatic nitrogens is 3. The molecule has 13 heteroatoms. The monoisotopic (exact) mass is 546 g/mol. The molecular formula is C26H22N6O6S. The fraction of sp³-hybridized carbons (Fsp3) is 0.0769. The highest BCUT2D eigenvalue weighted by Gasteiger charge is 2.21. The van der Waals surface area contributed by atoms with Crippen LogP contribution in [-0.4, -0.2) is 43.7 Å². The predicted molar refractivity (Wildman–Crippen MR) is 144 cm³/mol. The molecule has 0 bridgehead atoms. The zero-order valence-corrected chi connectivity index (χ0v) is 21.5. The Morgan fingerprint density at radius 2 is 1.51 bits per heavy atom. The summed E-state index contributed by atoms with van der Waals surface area (Å²) >= 11 is 0. The molecule has 0 saturated carbocycles. The largest absolute Gasteiger partial charge is 0.497 e. The lowest BCUT2D eigenvalue weighted by Gasteiger charge is -2.15. The Bertz CT molecular complexity index is 1740. The van der Waals surface area contributed by atoms with Crippen molar-refractivity contribution in [2.75, 3.05) is 29.6 Å². The quantitative estimate of drug-likeness (QED) is 0.241. The van der Waals surface area contributed by atoms with Crippen LogP contribution < -0.4 is 24.8 Å². The zero-order valence-electron chi connectivity index (χ0n) is 20.7. The molecule has 3 N–H and O–H groups in total. The van der Waals surface area contributed by atoms with Crippen LogP contribution in [0.25, 0.3) is 11.0 Å². The van der Waals surface area contributed by atoms with Crippen molar-refractivity contribution >= 4 is 50.0 Å². The SMILES string of the molecule is COc1cc(Nc2nc3ccccc3nc2NS(=O)(=O)c2cccc(NC(=O)c3ccno3)c2)cc(OC)c1. The lowest BCUT2D eigenvalue weighted by Crippen LogP contribution is -2.17. The number of para-hydroxylation sites is 2. The van der Waals surface area contributed by atoms with E-state index in [2.05, 4.69) is 30.5 Å². The molecule has 5 rings (SSSR count). The maximum absolute atomic E-state index is 13.4. The Morgan fingerprint density at radius 3 is 2.15 bits per heavy atom. The van der Waals surface area contributed by atoms with Crippen molar-refractivity contribution in [3.8, 4) is 11.5 Å². The summed E-state index contributed by atoms with van der Waals surface area (Å²) in [6.07, 6.45) is 1.33. The van der Waals surface area contributed by atoms with Crippen LogP contribution in [-0.2, 0) is 10.0 Å². The maximum Gasteiger partial charge on any atom is 0.294 e. The number of nitrogens with zero attached hydrogens (tertiary/aromatic N) is 3. The molecule has 0 aliphatic carbocycles. The number of hydrogen-bond acceptors (Lipinski definition) is 10. The number of methoxy groups -OCH3 is 2. The van der Waals surface area contributed by atoms with E-state index < -0.39 is 15.9 Å². The van der Waals surface area contributed by atoms with Gasteiger partial charge in [0.2, 0.25) is 5.76 Å². The molecule has 39 heavy (non-hydrogen) atoms. The van der Waals surface area contributed by atoms with Crippen LogP contribution in [0, 0.1) is 0 Å². The standard InChI is InChI=1S/C26H22N6O6S/c1-36-18-12-17(13-19(15-18)37-2)28-24-25(31-22-9-4-3-8-21(22)30-24)32-39(34,35)20-7-5-6-16(14-20)29-26(33)23-10-11-27-38-23/h3-15H,1-2H3,(H,28,30)(H,29,33)(H,31,32). The minimum atomic E-state index is -4.16. The summed E-state index contributed by atoms with van der Waals surface area (Å²) < 4.78 is 44.9. The van der Waals surface area contributed by atoms with E-state index in [4.69, 9.17) is 14.0 Å². The van der Waals surface area contributed by atoms with Gasteiger partial charge in [-0.2, -0.15) is 0 Å². The van der Waals surface area contributed by atoms with Gasteiger partial charge in [-0.15, -0.1) is 0 Å². The van der Waals surface area contributed by atoms with E-state index >= 15 is 0 Å². The van der Waals surface area contributed by atoms with Crippen LogP contribution in [0.3, 0.4) is 0 Å². The second kappa shape index (κ2) is 10.7. The fourth-order valence-corrected chi connectivity index (χ4v) is 4.68. The van der Waals surface area contributed by atoms with Gasteiger partial charge in [-0.05, 0) is 30.3 Å². The van der Waals surface area contributed by atoms with Gasteiger partial charge in [0.1, 0.15) is 11.5 Å². The highest BCUT2D eigenvalue weighted by molar-refractivity contribution is 7.92. The number of amides is 1. The number of hydrogen-bond donors (Lipinski definition) is 3. The van der Waals surface area contributed by atoms with Crippen molar-refractivity contribution in [1.29, 1.82) is 0 Å². The molecule has 0 radical (unpaired) electrons. The molecule has 12 nitrogen and oxygen atoms in total. The van der Waals surface area contributed by atoms with Gasteiger partial charge in [0.15, 0.2) is 11.6 Å². The third-order valence-electron chi connectivity index (χ3n) is 5.48. The Balaban J connectivity index is 1.49. The molecule has 2 heterocycles. The van der Waals surface area contributed by atoms with E-state index in [0.29, 0.717) is 28.2 Å². The van der Waals surface area contributed by atoms with Crippen molar-refractivity contribution in [1.82, 2.24) is 15.1 Å². The molecule has 5 aromatic rings. The first kappa shape index (κ1) is 25.5. The summed E-state index contributed by atoms with van der Waals surface area (Å²) in [6.45, 7) is 0. The summed E-state index contributed by atoms with van der Waals surface area (Å²) in [5.74, 6) is 0.580. The third kappa shape index (κ3) is 5.72. The first-order valence-corrected chi connectivity index (χ1v) is 12.9. The normalized spacial score (nSPS) is 11.1. The maximum atomic E-state index is 13.4.